The maximum Gasteiger partial charge on any atom is 0.188 e. The van der Waals surface area contributed by atoms with Gasteiger partial charge in [-0.05, 0) is 29.8 Å². The smallest absolute Gasteiger partial charge is 0.188 e. The Kier molecular flexibility index (Phi) is 5.14. The molecule has 0 aliphatic rings. The van der Waals surface area contributed by atoms with E-state index in [9.17, 15) is 0 Å². The monoisotopic (exact) mass is 321 g/mol. The van der Waals surface area contributed by atoms with Crippen molar-refractivity contribution in [3.63, 3.8) is 0 Å². The van der Waals surface area contributed by atoms with Crippen LogP contribution < -0.4 is 11.1 Å². The highest BCUT2D eigenvalue weighted by molar-refractivity contribution is 5.77. The minimum atomic E-state index is 0.436. The second-order valence-electron chi connectivity index (χ2n) is 5.21. The summed E-state index contributed by atoms with van der Waals surface area (Å²) in [5.41, 5.74) is 8.96. The number of nitrogens with two attached hydrogens (primary N) is 1. The van der Waals surface area contributed by atoms with Crippen LogP contribution >= 0.6 is 0 Å². The zero-order valence-electron chi connectivity index (χ0n) is 13.2. The first-order chi connectivity index (χ1) is 11.8. The van der Waals surface area contributed by atoms with Crippen molar-refractivity contribution < 1.29 is 0 Å². The van der Waals surface area contributed by atoms with Gasteiger partial charge in [-0.2, -0.15) is 5.10 Å². The molecule has 3 aromatic rings. The normalized spacial score (nSPS) is 11.4. The van der Waals surface area contributed by atoms with Crippen LogP contribution in [0.15, 0.2) is 66.3 Å². The van der Waals surface area contributed by atoms with Crippen LogP contribution in [0.2, 0.25) is 0 Å². The molecule has 3 N–H and O–H groups in total. The summed E-state index contributed by atoms with van der Waals surface area (Å²) in [6.07, 6.45) is 5.77. The highest BCUT2D eigenvalue weighted by Crippen LogP contribution is 2.08. The van der Waals surface area contributed by atoms with E-state index in [2.05, 4.69) is 25.4 Å². The number of nitrogens with one attached hydrogen (secondary N) is 1. The van der Waals surface area contributed by atoms with Crippen molar-refractivity contribution in [2.75, 3.05) is 6.54 Å². The van der Waals surface area contributed by atoms with E-state index in [1.807, 2.05) is 42.5 Å². The van der Waals surface area contributed by atoms with E-state index in [4.69, 9.17) is 5.73 Å². The summed E-state index contributed by atoms with van der Waals surface area (Å²) in [6, 6.07) is 13.8. The summed E-state index contributed by atoms with van der Waals surface area (Å²) in [7, 11) is 0. The molecule has 3 rings (SSSR count). The van der Waals surface area contributed by atoms with Gasteiger partial charge in [-0.3, -0.25) is 4.98 Å². The highest BCUT2D eigenvalue weighted by Gasteiger charge is 1.98. The largest absolute Gasteiger partial charge is 0.370 e. The Morgan fingerprint density at radius 3 is 2.75 bits per heavy atom. The maximum absolute atomic E-state index is 5.89. The standard InChI is InChI=1S/C17H19N7/c18-17(21-10-8-15-3-1-2-9-20-15)22-11-14-4-6-16(7-5-14)24-13-19-12-23-24/h1-7,9,12-13H,8,10-11H2,(H3,18,21,22). The number of guanidine groups is 1. The second-order valence-corrected chi connectivity index (χ2v) is 5.21. The zero-order chi connectivity index (χ0) is 16.6. The maximum atomic E-state index is 5.89. The van der Waals surface area contributed by atoms with Gasteiger partial charge in [0.1, 0.15) is 12.7 Å². The Balaban J connectivity index is 1.48. The highest BCUT2D eigenvalue weighted by atomic mass is 15.3. The molecule has 0 bridgehead atoms. The molecule has 7 nitrogen and oxygen atoms in total. The number of hydrogen-bond acceptors (Lipinski definition) is 4. The molecule has 0 fully saturated rings. The predicted molar refractivity (Wildman–Crippen MR) is 92.6 cm³/mol. The summed E-state index contributed by atoms with van der Waals surface area (Å²) in [5, 5.41) is 7.19. The molecular weight excluding hydrogens is 302 g/mol. The number of benzene rings is 1. The minimum Gasteiger partial charge on any atom is -0.370 e. The van der Waals surface area contributed by atoms with E-state index in [1.165, 1.54) is 6.33 Å². The molecule has 0 aliphatic carbocycles. The number of aromatic nitrogens is 4. The molecule has 122 valence electrons. The number of pyridine rings is 1. The van der Waals surface area contributed by atoms with E-state index in [0.29, 0.717) is 19.0 Å². The Morgan fingerprint density at radius 2 is 2.04 bits per heavy atom. The number of aliphatic imine (C=N–C) groups is 1. The zero-order valence-corrected chi connectivity index (χ0v) is 13.2. The third-order valence-electron chi connectivity index (χ3n) is 3.47. The van der Waals surface area contributed by atoms with Crippen molar-refractivity contribution in [3.8, 4) is 5.69 Å². The SMILES string of the molecule is NC(=NCc1ccc(-n2cncn2)cc1)NCCc1ccccn1. The van der Waals surface area contributed by atoms with Crippen LogP contribution in [0, 0.1) is 0 Å². The van der Waals surface area contributed by atoms with Crippen molar-refractivity contribution in [2.45, 2.75) is 13.0 Å². The van der Waals surface area contributed by atoms with Crippen LogP contribution in [0.5, 0.6) is 0 Å². The minimum absolute atomic E-state index is 0.436. The van der Waals surface area contributed by atoms with E-state index in [0.717, 1.165) is 23.4 Å². The molecule has 0 saturated carbocycles. The van der Waals surface area contributed by atoms with Gasteiger partial charge in [0.25, 0.3) is 0 Å². The van der Waals surface area contributed by atoms with Gasteiger partial charge >= 0.3 is 0 Å². The number of rotatable bonds is 6. The Bertz CT molecular complexity index is 764. The summed E-state index contributed by atoms with van der Waals surface area (Å²) < 4.78 is 1.71. The van der Waals surface area contributed by atoms with Crippen LogP contribution in [0.1, 0.15) is 11.3 Å². The molecule has 0 spiro atoms. The van der Waals surface area contributed by atoms with Crippen LogP contribution in [-0.2, 0) is 13.0 Å². The molecule has 2 heterocycles. The molecule has 0 aliphatic heterocycles. The van der Waals surface area contributed by atoms with Crippen LogP contribution in [0.3, 0.4) is 0 Å². The van der Waals surface area contributed by atoms with E-state index < -0.39 is 0 Å². The van der Waals surface area contributed by atoms with Gasteiger partial charge in [0.05, 0.1) is 12.2 Å². The van der Waals surface area contributed by atoms with Crippen molar-refractivity contribution in [2.24, 2.45) is 10.7 Å². The van der Waals surface area contributed by atoms with Gasteiger partial charge in [0, 0.05) is 24.9 Å². The van der Waals surface area contributed by atoms with E-state index in [1.54, 1.807) is 17.2 Å². The first-order valence-corrected chi connectivity index (χ1v) is 7.69. The molecule has 0 amide bonds. The summed E-state index contributed by atoms with van der Waals surface area (Å²) in [6.45, 7) is 1.23. The van der Waals surface area contributed by atoms with Gasteiger partial charge in [0.2, 0.25) is 0 Å². The molecule has 24 heavy (non-hydrogen) atoms. The first-order valence-electron chi connectivity index (χ1n) is 7.69. The average Bonchev–Trinajstić information content (AvgIpc) is 3.16. The fourth-order valence-electron chi connectivity index (χ4n) is 2.19. The second kappa shape index (κ2) is 7.87. The summed E-state index contributed by atoms with van der Waals surface area (Å²) in [5.74, 6) is 0.436. The fourth-order valence-corrected chi connectivity index (χ4v) is 2.19. The third kappa shape index (κ3) is 4.39. The Hall–Kier alpha value is -3.22. The van der Waals surface area contributed by atoms with Crippen molar-refractivity contribution in [3.05, 3.63) is 72.6 Å². The molecule has 1 aromatic carbocycles. The molecule has 0 unspecified atom stereocenters. The number of hydrogen-bond donors (Lipinski definition) is 2. The molecule has 7 heteroatoms. The Labute approximate surface area is 140 Å². The lowest BCUT2D eigenvalue weighted by atomic mass is 10.2. The van der Waals surface area contributed by atoms with Crippen LogP contribution in [-0.4, -0.2) is 32.3 Å². The summed E-state index contributed by atoms with van der Waals surface area (Å²) >= 11 is 0. The average molecular weight is 321 g/mol. The molecular formula is C17H19N7. The molecule has 0 radical (unpaired) electrons. The fraction of sp³-hybridized carbons (Fsp3) is 0.176. The van der Waals surface area contributed by atoms with Gasteiger partial charge < -0.3 is 11.1 Å². The van der Waals surface area contributed by atoms with Gasteiger partial charge in [0.15, 0.2) is 5.96 Å². The van der Waals surface area contributed by atoms with Gasteiger partial charge in [-0.25, -0.2) is 14.7 Å². The lowest BCUT2D eigenvalue weighted by molar-refractivity contribution is 0.827. The third-order valence-corrected chi connectivity index (χ3v) is 3.47. The lowest BCUT2D eigenvalue weighted by Crippen LogP contribution is -2.33. The van der Waals surface area contributed by atoms with Gasteiger partial charge in [-0.15, -0.1) is 0 Å². The Morgan fingerprint density at radius 1 is 1.17 bits per heavy atom. The first kappa shape index (κ1) is 15.7. The van der Waals surface area contributed by atoms with Crippen LogP contribution in [0.25, 0.3) is 5.69 Å². The lowest BCUT2D eigenvalue weighted by Gasteiger charge is -2.06. The van der Waals surface area contributed by atoms with Gasteiger partial charge in [-0.1, -0.05) is 18.2 Å². The van der Waals surface area contributed by atoms with Crippen molar-refractivity contribution in [1.29, 1.82) is 0 Å². The molecule has 0 saturated heterocycles. The van der Waals surface area contributed by atoms with Crippen molar-refractivity contribution >= 4 is 5.96 Å². The summed E-state index contributed by atoms with van der Waals surface area (Å²) in [4.78, 5) is 12.5. The topological polar surface area (TPSA) is 94.0 Å². The van der Waals surface area contributed by atoms with Crippen molar-refractivity contribution in [1.82, 2.24) is 25.1 Å². The quantitative estimate of drug-likeness (QED) is 0.527. The molecule has 0 atom stereocenters. The van der Waals surface area contributed by atoms with E-state index >= 15 is 0 Å². The molecule has 2 aromatic heterocycles. The van der Waals surface area contributed by atoms with Crippen LogP contribution in [0.4, 0.5) is 0 Å². The predicted octanol–water partition coefficient (Wildman–Crippen LogP) is 1.31. The number of nitrogens with zero attached hydrogens (tertiary/aromatic N) is 5. The van der Waals surface area contributed by atoms with E-state index in [-0.39, 0.29) is 0 Å².